The fraction of sp³-hybridized carbons (Fsp3) is 0.538. The maximum Gasteiger partial charge on any atom is 0.134 e. The van der Waals surface area contributed by atoms with Crippen molar-refractivity contribution >= 4 is 15.9 Å². The van der Waals surface area contributed by atoms with Gasteiger partial charge in [-0.3, -0.25) is 0 Å². The van der Waals surface area contributed by atoms with Gasteiger partial charge in [0.25, 0.3) is 0 Å². The molecule has 4 nitrogen and oxygen atoms in total. The molecule has 1 aliphatic heterocycles. The Bertz CT molecular complexity index is 413. The zero-order valence-corrected chi connectivity index (χ0v) is 12.2. The first-order chi connectivity index (χ1) is 8.60. The van der Waals surface area contributed by atoms with Gasteiger partial charge in [0.15, 0.2) is 0 Å². The Labute approximate surface area is 116 Å². The van der Waals surface area contributed by atoms with Crippen LogP contribution in [0.2, 0.25) is 0 Å². The molecule has 1 aromatic carbocycles. The highest BCUT2D eigenvalue weighted by molar-refractivity contribution is 9.10. The van der Waals surface area contributed by atoms with Crippen LogP contribution in [0.3, 0.4) is 0 Å². The molecule has 2 rings (SSSR count). The van der Waals surface area contributed by atoms with E-state index < -0.39 is 6.10 Å². The van der Waals surface area contributed by atoms with E-state index in [4.69, 9.17) is 9.47 Å². The number of aliphatic hydroxyl groups excluding tert-OH is 1. The number of ether oxygens (including phenoxy) is 2. The fourth-order valence-corrected chi connectivity index (χ4v) is 2.52. The summed E-state index contributed by atoms with van der Waals surface area (Å²) in [4.78, 5) is 2.10. The fourth-order valence-electron chi connectivity index (χ4n) is 2.07. The van der Waals surface area contributed by atoms with Crippen LogP contribution in [-0.2, 0) is 0 Å². The Kier molecular flexibility index (Phi) is 4.48. The first-order valence-corrected chi connectivity index (χ1v) is 6.76. The average Bonchev–Trinajstić information content (AvgIpc) is 2.34. The minimum Gasteiger partial charge on any atom is -0.497 e. The second-order valence-electron chi connectivity index (χ2n) is 4.57. The zero-order chi connectivity index (χ0) is 13.1. The zero-order valence-electron chi connectivity index (χ0n) is 10.6. The van der Waals surface area contributed by atoms with Gasteiger partial charge >= 0.3 is 0 Å². The van der Waals surface area contributed by atoms with Gasteiger partial charge in [-0.15, -0.1) is 0 Å². The second kappa shape index (κ2) is 5.91. The summed E-state index contributed by atoms with van der Waals surface area (Å²) in [5, 5.41) is 9.99. The number of methoxy groups -OCH3 is 1. The monoisotopic (exact) mass is 315 g/mol. The maximum atomic E-state index is 9.99. The van der Waals surface area contributed by atoms with Gasteiger partial charge in [0.05, 0.1) is 11.6 Å². The van der Waals surface area contributed by atoms with Gasteiger partial charge in [-0.05, 0) is 47.6 Å². The van der Waals surface area contributed by atoms with Crippen molar-refractivity contribution in [3.05, 3.63) is 22.7 Å². The summed E-state index contributed by atoms with van der Waals surface area (Å²) in [7, 11) is 3.63. The standard InChI is InChI=1S/C13H18BrNO3/c1-15-6-5-13(11(16)8-15)18-12-4-3-9(17-2)7-10(12)14/h3-4,7,11,13,16H,5-6,8H2,1-2H3. The molecule has 18 heavy (non-hydrogen) atoms. The van der Waals surface area contributed by atoms with Crippen molar-refractivity contribution in [1.29, 1.82) is 0 Å². The number of rotatable bonds is 3. The van der Waals surface area contributed by atoms with Crippen LogP contribution < -0.4 is 9.47 Å². The molecule has 1 N–H and O–H groups in total. The molecule has 0 aliphatic carbocycles. The van der Waals surface area contributed by atoms with Crippen molar-refractivity contribution in [2.45, 2.75) is 18.6 Å². The maximum absolute atomic E-state index is 9.99. The summed E-state index contributed by atoms with van der Waals surface area (Å²) < 4.78 is 11.8. The summed E-state index contributed by atoms with van der Waals surface area (Å²) in [6.45, 7) is 1.59. The van der Waals surface area contributed by atoms with Crippen LogP contribution >= 0.6 is 15.9 Å². The molecular weight excluding hydrogens is 298 g/mol. The third-order valence-corrected chi connectivity index (χ3v) is 3.76. The molecule has 0 bridgehead atoms. The summed E-state index contributed by atoms with van der Waals surface area (Å²) >= 11 is 3.45. The van der Waals surface area contributed by atoms with E-state index in [0.29, 0.717) is 6.54 Å². The minimum absolute atomic E-state index is 0.147. The Morgan fingerprint density at radius 3 is 2.83 bits per heavy atom. The van der Waals surface area contributed by atoms with Crippen LogP contribution in [0.1, 0.15) is 6.42 Å². The third kappa shape index (κ3) is 3.16. The number of benzene rings is 1. The van der Waals surface area contributed by atoms with Crippen molar-refractivity contribution in [3.8, 4) is 11.5 Å². The summed E-state index contributed by atoms with van der Waals surface area (Å²) in [6.07, 6.45) is 0.236. The number of hydrogen-bond donors (Lipinski definition) is 1. The van der Waals surface area contributed by atoms with E-state index in [0.717, 1.165) is 28.9 Å². The number of halogens is 1. The second-order valence-corrected chi connectivity index (χ2v) is 5.43. The van der Waals surface area contributed by atoms with Gasteiger partial charge in [-0.25, -0.2) is 0 Å². The summed E-state index contributed by atoms with van der Waals surface area (Å²) in [5.41, 5.74) is 0. The molecule has 1 saturated heterocycles. The van der Waals surface area contributed by atoms with Crippen molar-refractivity contribution in [2.75, 3.05) is 27.2 Å². The highest BCUT2D eigenvalue weighted by Crippen LogP contribution is 2.31. The lowest BCUT2D eigenvalue weighted by molar-refractivity contribution is -0.0185. The lowest BCUT2D eigenvalue weighted by Gasteiger charge is -2.33. The average molecular weight is 316 g/mol. The molecule has 1 aliphatic rings. The summed E-state index contributed by atoms with van der Waals surface area (Å²) in [6, 6.07) is 5.56. The van der Waals surface area contributed by atoms with Gasteiger partial charge in [-0.1, -0.05) is 0 Å². The van der Waals surface area contributed by atoms with Crippen molar-refractivity contribution < 1.29 is 14.6 Å². The van der Waals surface area contributed by atoms with Gasteiger partial charge in [0.1, 0.15) is 23.7 Å². The van der Waals surface area contributed by atoms with E-state index in [9.17, 15) is 5.11 Å². The van der Waals surface area contributed by atoms with Crippen molar-refractivity contribution in [3.63, 3.8) is 0 Å². The first kappa shape index (κ1) is 13.6. The van der Waals surface area contributed by atoms with Crippen molar-refractivity contribution in [1.82, 2.24) is 4.90 Å². The lowest BCUT2D eigenvalue weighted by Crippen LogP contribution is -2.47. The number of likely N-dealkylation sites (tertiary alicyclic amines) is 1. The number of nitrogens with zero attached hydrogens (tertiary/aromatic N) is 1. The number of β-amino-alcohol motifs (C(OH)–C–C–N with tert-alkyl or cyclic N) is 1. The van der Waals surface area contributed by atoms with Gasteiger partial charge in [-0.2, -0.15) is 0 Å². The topological polar surface area (TPSA) is 41.9 Å². The van der Waals surface area contributed by atoms with Crippen LogP contribution in [0.15, 0.2) is 22.7 Å². The lowest BCUT2D eigenvalue weighted by atomic mass is 10.1. The molecule has 0 amide bonds. The molecule has 0 saturated carbocycles. The van der Waals surface area contributed by atoms with Crippen LogP contribution in [0.25, 0.3) is 0 Å². The van der Waals surface area contributed by atoms with Crippen LogP contribution in [0.5, 0.6) is 11.5 Å². The Balaban J connectivity index is 2.05. The Morgan fingerprint density at radius 1 is 1.44 bits per heavy atom. The van der Waals surface area contributed by atoms with Crippen LogP contribution in [0.4, 0.5) is 0 Å². The molecule has 0 spiro atoms. The van der Waals surface area contributed by atoms with E-state index in [2.05, 4.69) is 20.8 Å². The number of likely N-dealkylation sites (N-methyl/N-ethyl adjacent to an activating group) is 1. The highest BCUT2D eigenvalue weighted by atomic mass is 79.9. The molecule has 1 heterocycles. The third-order valence-electron chi connectivity index (χ3n) is 3.14. The smallest absolute Gasteiger partial charge is 0.134 e. The molecule has 5 heteroatoms. The Hall–Kier alpha value is -0.780. The SMILES string of the molecule is COc1ccc(OC2CCN(C)CC2O)c(Br)c1. The number of piperidine rings is 1. The number of aliphatic hydroxyl groups is 1. The predicted octanol–water partition coefficient (Wildman–Crippen LogP) is 1.90. The van der Waals surface area contributed by atoms with Crippen LogP contribution in [-0.4, -0.2) is 49.5 Å². The molecule has 2 atom stereocenters. The van der Waals surface area contributed by atoms with Gasteiger partial charge < -0.3 is 19.5 Å². The van der Waals surface area contributed by atoms with Gasteiger partial charge in [0.2, 0.25) is 0 Å². The van der Waals surface area contributed by atoms with Crippen LogP contribution in [0, 0.1) is 0 Å². The molecule has 0 aromatic heterocycles. The van der Waals surface area contributed by atoms with Crippen molar-refractivity contribution in [2.24, 2.45) is 0 Å². The number of hydrogen-bond acceptors (Lipinski definition) is 4. The molecule has 1 fully saturated rings. The molecule has 100 valence electrons. The van der Waals surface area contributed by atoms with E-state index in [1.165, 1.54) is 0 Å². The molecule has 0 radical (unpaired) electrons. The quantitative estimate of drug-likeness (QED) is 0.925. The predicted molar refractivity (Wildman–Crippen MR) is 73.2 cm³/mol. The molecular formula is C13H18BrNO3. The van der Waals surface area contributed by atoms with E-state index in [-0.39, 0.29) is 6.10 Å². The Morgan fingerprint density at radius 2 is 2.22 bits per heavy atom. The normalized spacial score (nSPS) is 24.9. The highest BCUT2D eigenvalue weighted by Gasteiger charge is 2.27. The van der Waals surface area contributed by atoms with E-state index >= 15 is 0 Å². The first-order valence-electron chi connectivity index (χ1n) is 5.97. The van der Waals surface area contributed by atoms with E-state index in [1.807, 2.05) is 25.2 Å². The molecule has 1 aromatic rings. The molecule has 2 unspecified atom stereocenters. The summed E-state index contributed by atoms with van der Waals surface area (Å²) in [5.74, 6) is 1.52. The van der Waals surface area contributed by atoms with Gasteiger partial charge in [0, 0.05) is 13.1 Å². The minimum atomic E-state index is -0.447. The van der Waals surface area contributed by atoms with E-state index in [1.54, 1.807) is 7.11 Å². The largest absolute Gasteiger partial charge is 0.497 e.